The first-order chi connectivity index (χ1) is 8.19. The molecule has 0 fully saturated rings. The first-order valence-corrected chi connectivity index (χ1v) is 5.49. The Morgan fingerprint density at radius 2 is 2.12 bits per heavy atom. The van der Waals surface area contributed by atoms with Crippen LogP contribution in [-0.4, -0.2) is 17.0 Å². The number of hydrogen-bond acceptors (Lipinski definition) is 5. The van der Waals surface area contributed by atoms with E-state index in [0.717, 1.165) is 22.8 Å². The number of nitrogens with one attached hydrogen (secondary N) is 2. The first-order valence-electron chi connectivity index (χ1n) is 5.49. The maximum absolute atomic E-state index is 5.24. The van der Waals surface area contributed by atoms with E-state index in [1.165, 1.54) is 0 Å². The lowest BCUT2D eigenvalue weighted by Gasteiger charge is -2.07. The third-order valence-corrected chi connectivity index (χ3v) is 2.50. The van der Waals surface area contributed by atoms with Crippen LogP contribution in [0, 0.1) is 13.8 Å². The van der Waals surface area contributed by atoms with Gasteiger partial charge in [0.2, 0.25) is 5.95 Å². The zero-order chi connectivity index (χ0) is 12.3. The van der Waals surface area contributed by atoms with Crippen LogP contribution in [0.2, 0.25) is 0 Å². The van der Waals surface area contributed by atoms with Crippen LogP contribution in [0.4, 0.5) is 11.8 Å². The molecule has 0 saturated carbocycles. The minimum atomic E-state index is 0.622. The predicted molar refractivity (Wildman–Crippen MR) is 67.1 cm³/mol. The number of furan rings is 1. The van der Waals surface area contributed by atoms with Gasteiger partial charge in [0, 0.05) is 30.9 Å². The molecular formula is C12H16N4O. The zero-order valence-electron chi connectivity index (χ0n) is 10.2. The molecule has 0 amide bonds. The molecule has 0 aromatic carbocycles. The highest BCUT2D eigenvalue weighted by Crippen LogP contribution is 2.13. The van der Waals surface area contributed by atoms with Crippen molar-refractivity contribution in [2.75, 3.05) is 17.7 Å². The van der Waals surface area contributed by atoms with Crippen LogP contribution in [-0.2, 0) is 6.54 Å². The smallest absolute Gasteiger partial charge is 0.224 e. The Morgan fingerprint density at radius 3 is 2.76 bits per heavy atom. The maximum Gasteiger partial charge on any atom is 0.224 e. The Kier molecular flexibility index (Phi) is 3.27. The predicted octanol–water partition coefficient (Wildman–Crippen LogP) is 2.34. The van der Waals surface area contributed by atoms with Crippen molar-refractivity contribution in [1.82, 2.24) is 9.97 Å². The minimum Gasteiger partial charge on any atom is -0.469 e. The molecule has 0 aliphatic carbocycles. The van der Waals surface area contributed by atoms with Gasteiger partial charge in [0.25, 0.3) is 0 Å². The maximum atomic E-state index is 5.24. The van der Waals surface area contributed by atoms with Crippen LogP contribution >= 0.6 is 0 Å². The SMILES string of the molecule is CNc1nc(C)cc(NCc2ccoc2C)n1. The highest BCUT2D eigenvalue weighted by molar-refractivity contribution is 5.42. The summed E-state index contributed by atoms with van der Waals surface area (Å²) >= 11 is 0. The minimum absolute atomic E-state index is 0.622. The molecule has 2 rings (SSSR count). The lowest BCUT2D eigenvalue weighted by Crippen LogP contribution is -2.05. The van der Waals surface area contributed by atoms with Gasteiger partial charge in [0.05, 0.1) is 6.26 Å². The summed E-state index contributed by atoms with van der Waals surface area (Å²) in [6, 6.07) is 3.87. The summed E-state index contributed by atoms with van der Waals surface area (Å²) in [5, 5.41) is 6.18. The Balaban J connectivity index is 2.09. The van der Waals surface area contributed by atoms with Crippen LogP contribution in [0.1, 0.15) is 17.0 Å². The second-order valence-electron chi connectivity index (χ2n) is 3.82. The molecule has 2 N–H and O–H groups in total. The Bertz CT molecular complexity index is 507. The van der Waals surface area contributed by atoms with Crippen LogP contribution < -0.4 is 10.6 Å². The fraction of sp³-hybridized carbons (Fsp3) is 0.333. The fourth-order valence-corrected chi connectivity index (χ4v) is 1.55. The van der Waals surface area contributed by atoms with Crippen molar-refractivity contribution < 1.29 is 4.42 Å². The summed E-state index contributed by atoms with van der Waals surface area (Å²) in [6.45, 7) is 4.58. The molecule has 0 aliphatic heterocycles. The van der Waals surface area contributed by atoms with Crippen molar-refractivity contribution in [3.05, 3.63) is 35.4 Å². The normalized spacial score (nSPS) is 10.3. The fourth-order valence-electron chi connectivity index (χ4n) is 1.55. The largest absolute Gasteiger partial charge is 0.469 e. The average Bonchev–Trinajstić information content (AvgIpc) is 2.71. The van der Waals surface area contributed by atoms with Crippen LogP contribution in [0.5, 0.6) is 0 Å². The van der Waals surface area contributed by atoms with E-state index >= 15 is 0 Å². The van der Waals surface area contributed by atoms with Gasteiger partial charge >= 0.3 is 0 Å². The molecule has 0 saturated heterocycles. The van der Waals surface area contributed by atoms with E-state index in [1.54, 1.807) is 13.3 Å². The Hall–Kier alpha value is -2.04. The van der Waals surface area contributed by atoms with Gasteiger partial charge in [-0.3, -0.25) is 0 Å². The molecule has 0 unspecified atom stereocenters. The molecule has 0 bridgehead atoms. The van der Waals surface area contributed by atoms with E-state index in [1.807, 2.05) is 26.0 Å². The molecule has 0 spiro atoms. The average molecular weight is 232 g/mol. The molecular weight excluding hydrogens is 216 g/mol. The van der Waals surface area contributed by atoms with Gasteiger partial charge in [-0.2, -0.15) is 4.98 Å². The van der Waals surface area contributed by atoms with Crippen molar-refractivity contribution in [3.8, 4) is 0 Å². The highest BCUT2D eigenvalue weighted by Gasteiger charge is 2.03. The molecule has 2 aromatic rings. The standard InChI is InChI=1S/C12H16N4O/c1-8-6-11(16-12(13-3)15-8)14-7-10-4-5-17-9(10)2/h4-6H,7H2,1-3H3,(H2,13,14,15,16). The second kappa shape index (κ2) is 4.86. The van der Waals surface area contributed by atoms with Gasteiger partial charge in [-0.05, 0) is 19.9 Å². The zero-order valence-corrected chi connectivity index (χ0v) is 10.2. The number of rotatable bonds is 4. The van der Waals surface area contributed by atoms with Crippen molar-refractivity contribution in [2.45, 2.75) is 20.4 Å². The van der Waals surface area contributed by atoms with Gasteiger partial charge in [-0.15, -0.1) is 0 Å². The second-order valence-corrected chi connectivity index (χ2v) is 3.82. The topological polar surface area (TPSA) is 63.0 Å². The molecule has 2 aromatic heterocycles. The van der Waals surface area contributed by atoms with E-state index < -0.39 is 0 Å². The third kappa shape index (κ3) is 2.75. The molecule has 5 heteroatoms. The lowest BCUT2D eigenvalue weighted by molar-refractivity contribution is 0.530. The highest BCUT2D eigenvalue weighted by atomic mass is 16.3. The number of aromatic nitrogens is 2. The molecule has 2 heterocycles. The van der Waals surface area contributed by atoms with Gasteiger partial charge in [-0.25, -0.2) is 4.98 Å². The molecule has 17 heavy (non-hydrogen) atoms. The van der Waals surface area contributed by atoms with Crippen LogP contribution in [0.3, 0.4) is 0 Å². The summed E-state index contributed by atoms with van der Waals surface area (Å²) < 4.78 is 5.24. The summed E-state index contributed by atoms with van der Waals surface area (Å²) in [6.07, 6.45) is 1.69. The summed E-state index contributed by atoms with van der Waals surface area (Å²) in [4.78, 5) is 8.55. The van der Waals surface area contributed by atoms with E-state index in [2.05, 4.69) is 20.6 Å². The van der Waals surface area contributed by atoms with Crippen LogP contribution in [0.15, 0.2) is 22.8 Å². The number of anilines is 2. The molecule has 0 atom stereocenters. The molecule has 0 radical (unpaired) electrons. The van der Waals surface area contributed by atoms with Crippen molar-refractivity contribution >= 4 is 11.8 Å². The number of aryl methyl sites for hydroxylation is 2. The van der Waals surface area contributed by atoms with Gasteiger partial charge in [0.15, 0.2) is 0 Å². The van der Waals surface area contributed by atoms with Crippen molar-refractivity contribution in [3.63, 3.8) is 0 Å². The van der Waals surface area contributed by atoms with E-state index in [-0.39, 0.29) is 0 Å². The lowest BCUT2D eigenvalue weighted by atomic mass is 10.2. The van der Waals surface area contributed by atoms with Gasteiger partial charge < -0.3 is 15.1 Å². The van der Waals surface area contributed by atoms with Gasteiger partial charge in [0.1, 0.15) is 11.6 Å². The van der Waals surface area contributed by atoms with Crippen molar-refractivity contribution in [2.24, 2.45) is 0 Å². The van der Waals surface area contributed by atoms with E-state index in [4.69, 9.17) is 4.42 Å². The summed E-state index contributed by atoms with van der Waals surface area (Å²) in [5.41, 5.74) is 2.06. The number of hydrogen-bond donors (Lipinski definition) is 2. The van der Waals surface area contributed by atoms with Gasteiger partial charge in [-0.1, -0.05) is 0 Å². The van der Waals surface area contributed by atoms with E-state index in [0.29, 0.717) is 12.5 Å². The molecule has 5 nitrogen and oxygen atoms in total. The Labute approximate surface area is 100 Å². The quantitative estimate of drug-likeness (QED) is 0.847. The number of nitrogens with zero attached hydrogens (tertiary/aromatic N) is 2. The van der Waals surface area contributed by atoms with Crippen molar-refractivity contribution in [1.29, 1.82) is 0 Å². The van der Waals surface area contributed by atoms with E-state index in [9.17, 15) is 0 Å². The molecule has 0 aliphatic rings. The summed E-state index contributed by atoms with van der Waals surface area (Å²) in [5.74, 6) is 2.36. The third-order valence-electron chi connectivity index (χ3n) is 2.50. The summed E-state index contributed by atoms with van der Waals surface area (Å²) in [7, 11) is 1.80. The molecule has 90 valence electrons. The van der Waals surface area contributed by atoms with Crippen LogP contribution in [0.25, 0.3) is 0 Å². The monoisotopic (exact) mass is 232 g/mol. The first kappa shape index (κ1) is 11.4. The Morgan fingerprint density at radius 1 is 1.29 bits per heavy atom.